The summed E-state index contributed by atoms with van der Waals surface area (Å²) in [4.78, 5) is 29.1. The molecule has 0 unspecified atom stereocenters. The first-order valence-electron chi connectivity index (χ1n) is 11.4. The molecule has 190 valence electrons. The van der Waals surface area contributed by atoms with E-state index in [0.29, 0.717) is 33.5 Å². The largest absolute Gasteiger partial charge is 0.469 e. The molecular weight excluding hydrogens is 569 g/mol. The van der Waals surface area contributed by atoms with Crippen molar-refractivity contribution in [1.82, 2.24) is 0 Å². The van der Waals surface area contributed by atoms with E-state index >= 15 is 0 Å². The van der Waals surface area contributed by atoms with Gasteiger partial charge in [0, 0.05) is 23.1 Å². The summed E-state index contributed by atoms with van der Waals surface area (Å²) in [5.41, 5.74) is 0.527. The molecule has 9 heteroatoms. The second kappa shape index (κ2) is 10.2. The third kappa shape index (κ3) is 5.08. The predicted molar refractivity (Wildman–Crippen MR) is 148 cm³/mol. The number of hydrogen-bond donors (Lipinski definition) is 0. The standard InChI is InChI=1S/C26H32BrCl2NO4Si/c1-25(2,3)35(6,7)34-13-12-26(21(23(31)33-5)16-8-10-17(27)11-9-16)19-14-18(28)15-20(29)22(19)30(4)24(26)32/h8-11,14-15,21H,12-13H2,1-7H3/t21-,26-/m1/s1. The monoisotopic (exact) mass is 599 g/mol. The number of rotatable bonds is 7. The van der Waals surface area contributed by atoms with Gasteiger partial charge in [-0.25, -0.2) is 0 Å². The lowest BCUT2D eigenvalue weighted by atomic mass is 9.66. The minimum atomic E-state index is -2.12. The van der Waals surface area contributed by atoms with E-state index < -0.39 is 25.6 Å². The number of esters is 1. The number of fused-ring (bicyclic) bond motifs is 1. The molecule has 0 aromatic heterocycles. The summed E-state index contributed by atoms with van der Waals surface area (Å²) < 4.78 is 12.6. The number of hydrogen-bond acceptors (Lipinski definition) is 4. The molecule has 1 aliphatic rings. The molecule has 0 bridgehead atoms. The first kappa shape index (κ1) is 28.2. The first-order chi connectivity index (χ1) is 16.2. The van der Waals surface area contributed by atoms with Crippen LogP contribution < -0.4 is 4.90 Å². The Hall–Kier alpha value is -1.38. The number of amides is 1. The van der Waals surface area contributed by atoms with Crippen molar-refractivity contribution < 1.29 is 18.8 Å². The van der Waals surface area contributed by atoms with Crippen molar-refractivity contribution in [1.29, 1.82) is 0 Å². The van der Waals surface area contributed by atoms with Crippen molar-refractivity contribution in [3.05, 3.63) is 62.0 Å². The second-order valence-electron chi connectivity index (χ2n) is 10.5. The van der Waals surface area contributed by atoms with Gasteiger partial charge in [-0.1, -0.05) is 72.0 Å². The Labute approximate surface area is 227 Å². The molecule has 2 aromatic rings. The number of methoxy groups -OCH3 is 1. The van der Waals surface area contributed by atoms with E-state index in [9.17, 15) is 9.59 Å². The number of carbonyl (C=O) groups excluding carboxylic acids is 2. The topological polar surface area (TPSA) is 55.8 Å². The molecule has 0 N–H and O–H groups in total. The van der Waals surface area contributed by atoms with Gasteiger partial charge in [0.05, 0.1) is 23.2 Å². The molecule has 0 saturated heterocycles. The first-order valence-corrected chi connectivity index (χ1v) is 15.9. The lowest BCUT2D eigenvalue weighted by molar-refractivity contribution is -0.147. The fourth-order valence-corrected chi connectivity index (χ4v) is 6.44. The lowest BCUT2D eigenvalue weighted by Crippen LogP contribution is -2.49. The zero-order valence-corrected chi connectivity index (χ0v) is 25.3. The third-order valence-electron chi connectivity index (χ3n) is 7.43. The summed E-state index contributed by atoms with van der Waals surface area (Å²) in [6, 6.07) is 10.7. The van der Waals surface area contributed by atoms with Gasteiger partial charge in [-0.2, -0.15) is 0 Å². The second-order valence-corrected chi connectivity index (χ2v) is 17.1. The normalized spacial score (nSPS) is 19.0. The molecule has 1 heterocycles. The van der Waals surface area contributed by atoms with E-state index in [2.05, 4.69) is 49.8 Å². The van der Waals surface area contributed by atoms with Crippen LogP contribution in [0.4, 0.5) is 5.69 Å². The Balaban J connectivity index is 2.25. The van der Waals surface area contributed by atoms with Crippen molar-refractivity contribution >= 4 is 65.0 Å². The molecular formula is C26H32BrCl2NO4Si. The van der Waals surface area contributed by atoms with Gasteiger partial charge in [0.1, 0.15) is 5.92 Å². The number of benzene rings is 2. The van der Waals surface area contributed by atoms with Crippen LogP contribution in [0, 0.1) is 0 Å². The molecule has 1 amide bonds. The molecule has 5 nitrogen and oxygen atoms in total. The lowest BCUT2D eigenvalue weighted by Gasteiger charge is -2.39. The molecule has 0 fully saturated rings. The Kier molecular flexibility index (Phi) is 8.19. The van der Waals surface area contributed by atoms with Gasteiger partial charge in [0.15, 0.2) is 8.32 Å². The zero-order valence-electron chi connectivity index (χ0n) is 21.2. The van der Waals surface area contributed by atoms with Gasteiger partial charge >= 0.3 is 5.97 Å². The number of halogens is 3. The third-order valence-corrected chi connectivity index (χ3v) is 13.0. The fourth-order valence-electron chi connectivity index (χ4n) is 4.51. The van der Waals surface area contributed by atoms with Gasteiger partial charge in [-0.15, -0.1) is 0 Å². The number of anilines is 1. The Bertz CT molecular complexity index is 1130. The quantitative estimate of drug-likeness (QED) is 0.246. The van der Waals surface area contributed by atoms with E-state index in [1.54, 1.807) is 19.2 Å². The van der Waals surface area contributed by atoms with Crippen LogP contribution in [0.3, 0.4) is 0 Å². The molecule has 0 saturated carbocycles. The van der Waals surface area contributed by atoms with Crippen LogP contribution in [0.5, 0.6) is 0 Å². The van der Waals surface area contributed by atoms with E-state index in [0.717, 1.165) is 4.47 Å². The highest BCUT2D eigenvalue weighted by molar-refractivity contribution is 9.10. The summed E-state index contributed by atoms with van der Waals surface area (Å²) >= 11 is 16.5. The van der Waals surface area contributed by atoms with Crippen LogP contribution in [0.2, 0.25) is 28.2 Å². The number of likely N-dealkylation sites (N-methyl/N-ethyl adjacent to an activating group) is 1. The minimum Gasteiger partial charge on any atom is -0.469 e. The van der Waals surface area contributed by atoms with E-state index in [1.807, 2.05) is 24.3 Å². The summed E-state index contributed by atoms with van der Waals surface area (Å²) in [6.45, 7) is 11.1. The fraction of sp³-hybridized carbons (Fsp3) is 0.462. The molecule has 0 radical (unpaired) electrons. The Morgan fingerprint density at radius 3 is 2.31 bits per heavy atom. The van der Waals surface area contributed by atoms with Crippen molar-refractivity contribution in [2.75, 3.05) is 25.7 Å². The van der Waals surface area contributed by atoms with Gasteiger partial charge in [-0.3, -0.25) is 9.59 Å². The van der Waals surface area contributed by atoms with Crippen molar-refractivity contribution in [2.24, 2.45) is 0 Å². The van der Waals surface area contributed by atoms with E-state index in [4.69, 9.17) is 32.4 Å². The number of ether oxygens (including phenoxy) is 1. The summed E-state index contributed by atoms with van der Waals surface area (Å²) in [7, 11) is 0.892. The van der Waals surface area contributed by atoms with Crippen LogP contribution in [-0.4, -0.2) is 41.0 Å². The van der Waals surface area contributed by atoms with Crippen LogP contribution in [0.25, 0.3) is 0 Å². The van der Waals surface area contributed by atoms with Crippen LogP contribution in [0.15, 0.2) is 40.9 Å². The van der Waals surface area contributed by atoms with E-state index in [1.165, 1.54) is 12.0 Å². The maximum atomic E-state index is 14.2. The minimum absolute atomic E-state index is 0.00534. The Morgan fingerprint density at radius 1 is 1.17 bits per heavy atom. The highest BCUT2D eigenvalue weighted by Gasteiger charge is 2.58. The average molecular weight is 601 g/mol. The maximum absolute atomic E-state index is 14.2. The number of carbonyl (C=O) groups is 2. The Morgan fingerprint density at radius 2 is 1.77 bits per heavy atom. The number of nitrogens with zero attached hydrogens (tertiary/aromatic N) is 1. The highest BCUT2D eigenvalue weighted by atomic mass is 79.9. The summed E-state index contributed by atoms with van der Waals surface area (Å²) in [5.74, 6) is -1.67. The average Bonchev–Trinajstić information content (AvgIpc) is 2.96. The maximum Gasteiger partial charge on any atom is 0.314 e. The van der Waals surface area contributed by atoms with Gasteiger partial charge in [0.25, 0.3) is 0 Å². The predicted octanol–water partition coefficient (Wildman–Crippen LogP) is 7.34. The van der Waals surface area contributed by atoms with Crippen molar-refractivity contribution in [2.45, 2.75) is 56.7 Å². The highest BCUT2D eigenvalue weighted by Crippen LogP contribution is 2.55. The molecule has 0 aliphatic carbocycles. The molecule has 2 aromatic carbocycles. The van der Waals surface area contributed by atoms with Crippen LogP contribution >= 0.6 is 39.1 Å². The molecule has 2 atom stereocenters. The summed E-state index contributed by atoms with van der Waals surface area (Å²) in [6.07, 6.45) is 0.266. The van der Waals surface area contributed by atoms with Crippen LogP contribution in [-0.2, 0) is 24.2 Å². The molecule has 1 aliphatic heterocycles. The van der Waals surface area contributed by atoms with Gasteiger partial charge in [-0.05, 0) is 59.9 Å². The van der Waals surface area contributed by atoms with Crippen molar-refractivity contribution in [3.63, 3.8) is 0 Å². The SMILES string of the molecule is COC(=O)[C@@H](c1ccc(Br)cc1)[C@]1(CCO[Si](C)(C)C(C)(C)C)C(=O)N(C)c2c(Cl)cc(Cl)cc21. The van der Waals surface area contributed by atoms with Gasteiger partial charge in [0.2, 0.25) is 5.91 Å². The van der Waals surface area contributed by atoms with Gasteiger partial charge < -0.3 is 14.1 Å². The molecule has 35 heavy (non-hydrogen) atoms. The van der Waals surface area contributed by atoms with Crippen LogP contribution in [0.1, 0.15) is 44.2 Å². The zero-order chi connectivity index (χ0) is 26.3. The molecule has 0 spiro atoms. The van der Waals surface area contributed by atoms with Crippen molar-refractivity contribution in [3.8, 4) is 0 Å². The smallest absolute Gasteiger partial charge is 0.314 e. The van der Waals surface area contributed by atoms with E-state index in [-0.39, 0.29) is 17.4 Å². The molecule has 3 rings (SSSR count). The summed E-state index contributed by atoms with van der Waals surface area (Å²) in [5, 5.41) is 0.746.